The summed E-state index contributed by atoms with van der Waals surface area (Å²) in [6.07, 6.45) is -2.19. The normalized spacial score (nSPS) is 43.3. The van der Waals surface area contributed by atoms with Gasteiger partial charge in [0.05, 0.1) is 24.0 Å². The number of thiocarbonyl (C=S) groups is 1. The quantitative estimate of drug-likeness (QED) is 0.335. The van der Waals surface area contributed by atoms with Gasteiger partial charge in [0.2, 0.25) is 5.91 Å². The van der Waals surface area contributed by atoms with Gasteiger partial charge >= 0.3 is 0 Å². The minimum absolute atomic E-state index is 0.153. The number of hydrogen-bond donors (Lipinski definition) is 5. The lowest BCUT2D eigenvalue weighted by molar-refractivity contribution is -0.122. The molecular formula is C8H12N2O4S2. The summed E-state index contributed by atoms with van der Waals surface area (Å²) >= 11 is 5.95. The van der Waals surface area contributed by atoms with Crippen LogP contribution in [0.15, 0.2) is 0 Å². The van der Waals surface area contributed by atoms with E-state index in [-0.39, 0.29) is 17.6 Å². The molecule has 2 heterocycles. The number of hydrogen-bond acceptors (Lipinski definition) is 6. The van der Waals surface area contributed by atoms with Crippen LogP contribution in [0.25, 0.3) is 0 Å². The number of carbonyl (C=O) groups is 1. The van der Waals surface area contributed by atoms with Crippen LogP contribution in [0.1, 0.15) is 0 Å². The molecule has 2 saturated heterocycles. The van der Waals surface area contributed by atoms with Crippen LogP contribution in [0.5, 0.6) is 0 Å². The highest BCUT2D eigenvalue weighted by Gasteiger charge is 2.49. The molecule has 2 rings (SSSR count). The van der Waals surface area contributed by atoms with Gasteiger partial charge in [0, 0.05) is 0 Å². The number of nitrogens with one attached hydrogen (secondary N) is 2. The van der Waals surface area contributed by atoms with E-state index in [1.165, 1.54) is 0 Å². The maximum atomic E-state index is 11.6. The number of thioether (sulfide) groups is 1. The zero-order valence-electron chi connectivity index (χ0n) is 8.16. The van der Waals surface area contributed by atoms with Crippen molar-refractivity contribution in [1.29, 1.82) is 0 Å². The van der Waals surface area contributed by atoms with Gasteiger partial charge in [0.15, 0.2) is 5.11 Å². The molecule has 0 spiro atoms. The molecular weight excluding hydrogens is 252 g/mol. The fourth-order valence-corrected chi connectivity index (χ4v) is 3.47. The van der Waals surface area contributed by atoms with Gasteiger partial charge in [-0.05, 0) is 12.2 Å². The highest BCUT2D eigenvalue weighted by atomic mass is 32.2. The van der Waals surface area contributed by atoms with E-state index in [0.717, 1.165) is 11.8 Å². The van der Waals surface area contributed by atoms with Crippen LogP contribution < -0.4 is 10.6 Å². The summed E-state index contributed by atoms with van der Waals surface area (Å²) in [6.45, 7) is -0.288. The second-order valence-corrected chi connectivity index (χ2v) is 5.54. The molecule has 90 valence electrons. The van der Waals surface area contributed by atoms with Gasteiger partial charge in [-0.3, -0.25) is 4.79 Å². The van der Waals surface area contributed by atoms with Crippen LogP contribution in [0.3, 0.4) is 0 Å². The Bertz CT molecular complexity index is 327. The summed E-state index contributed by atoms with van der Waals surface area (Å²) in [5.41, 5.74) is 0. The van der Waals surface area contributed by atoms with Crippen molar-refractivity contribution in [2.24, 2.45) is 0 Å². The Labute approximate surface area is 101 Å². The van der Waals surface area contributed by atoms with Crippen molar-refractivity contribution in [3.63, 3.8) is 0 Å². The average Bonchev–Trinajstić information content (AvgIpc) is 2.24. The molecule has 0 aromatic rings. The number of aliphatic hydroxyl groups excluding tert-OH is 3. The van der Waals surface area contributed by atoms with Crippen molar-refractivity contribution in [2.45, 2.75) is 28.7 Å². The third kappa shape index (κ3) is 1.91. The van der Waals surface area contributed by atoms with Crippen LogP contribution in [-0.2, 0) is 4.79 Å². The Morgan fingerprint density at radius 1 is 1.38 bits per heavy atom. The summed E-state index contributed by atoms with van der Waals surface area (Å²) < 4.78 is 0. The zero-order valence-corrected chi connectivity index (χ0v) is 9.79. The fourth-order valence-electron chi connectivity index (χ4n) is 1.87. The largest absolute Gasteiger partial charge is 0.395 e. The molecule has 0 radical (unpaired) electrons. The lowest BCUT2D eigenvalue weighted by atomic mass is 9.97. The van der Waals surface area contributed by atoms with Crippen LogP contribution >= 0.6 is 24.0 Å². The smallest absolute Gasteiger partial charge is 0.241 e. The van der Waals surface area contributed by atoms with Crippen LogP contribution in [0.2, 0.25) is 0 Å². The SMILES string of the molecule is O=C1NC(=S)N[C@@H]2[C@@H](O)[C@H](O)[C@@H](CO)S[C@H]12. The maximum absolute atomic E-state index is 11.6. The summed E-state index contributed by atoms with van der Waals surface area (Å²) in [4.78, 5) is 11.6. The summed E-state index contributed by atoms with van der Waals surface area (Å²) in [6, 6.07) is -0.607. The van der Waals surface area contributed by atoms with Gasteiger partial charge in [-0.2, -0.15) is 0 Å². The molecule has 0 aromatic heterocycles. The van der Waals surface area contributed by atoms with E-state index in [2.05, 4.69) is 10.6 Å². The Kier molecular flexibility index (Phi) is 3.36. The molecule has 6 nitrogen and oxygen atoms in total. The van der Waals surface area contributed by atoms with Crippen molar-refractivity contribution in [2.75, 3.05) is 6.61 Å². The zero-order chi connectivity index (χ0) is 11.9. The van der Waals surface area contributed by atoms with E-state index in [9.17, 15) is 15.0 Å². The Morgan fingerprint density at radius 2 is 2.06 bits per heavy atom. The minimum Gasteiger partial charge on any atom is -0.395 e. The van der Waals surface area contributed by atoms with E-state index in [4.69, 9.17) is 17.3 Å². The third-order valence-corrected chi connectivity index (χ3v) is 4.52. The average molecular weight is 264 g/mol. The first kappa shape index (κ1) is 12.1. The predicted octanol–water partition coefficient (Wildman–Crippen LogP) is -2.44. The molecule has 16 heavy (non-hydrogen) atoms. The molecule has 2 aliphatic rings. The molecule has 1 amide bonds. The molecule has 5 atom stereocenters. The molecule has 0 aromatic carbocycles. The highest BCUT2D eigenvalue weighted by Crippen LogP contribution is 2.33. The standard InChI is InChI=1S/C8H12N2O4S2/c11-1-2-4(12)5(13)3-6(16-2)7(14)10-8(15)9-3/h2-6,11-13H,1H2,(H2,9,10,14,15)/t2-,3-,4-,5-,6+/m1/s1. The first-order chi connectivity index (χ1) is 7.54. The molecule has 0 unspecified atom stereocenters. The Balaban J connectivity index is 2.21. The molecule has 2 aliphatic heterocycles. The Morgan fingerprint density at radius 3 is 2.69 bits per heavy atom. The third-order valence-electron chi connectivity index (χ3n) is 2.72. The number of carbonyl (C=O) groups excluding carboxylic acids is 1. The van der Waals surface area contributed by atoms with Gasteiger partial charge in [0.25, 0.3) is 0 Å². The van der Waals surface area contributed by atoms with E-state index >= 15 is 0 Å². The molecule has 2 fully saturated rings. The highest BCUT2D eigenvalue weighted by molar-refractivity contribution is 8.01. The van der Waals surface area contributed by atoms with Crippen molar-refractivity contribution >= 4 is 35.0 Å². The van der Waals surface area contributed by atoms with Gasteiger partial charge in [-0.15, -0.1) is 11.8 Å². The monoisotopic (exact) mass is 264 g/mol. The van der Waals surface area contributed by atoms with Crippen molar-refractivity contribution in [3.05, 3.63) is 0 Å². The number of aliphatic hydroxyl groups is 3. The second-order valence-electron chi connectivity index (χ2n) is 3.75. The molecule has 8 heteroatoms. The van der Waals surface area contributed by atoms with Crippen LogP contribution in [0, 0.1) is 0 Å². The molecule has 0 bridgehead atoms. The number of rotatable bonds is 1. The van der Waals surface area contributed by atoms with Gasteiger partial charge in [0.1, 0.15) is 11.4 Å². The van der Waals surface area contributed by atoms with Gasteiger partial charge < -0.3 is 26.0 Å². The second kappa shape index (κ2) is 4.46. The van der Waals surface area contributed by atoms with E-state index < -0.39 is 28.7 Å². The maximum Gasteiger partial charge on any atom is 0.241 e. The number of fused-ring (bicyclic) bond motifs is 1. The van der Waals surface area contributed by atoms with Gasteiger partial charge in [-0.1, -0.05) is 0 Å². The first-order valence-electron chi connectivity index (χ1n) is 4.78. The van der Waals surface area contributed by atoms with Crippen molar-refractivity contribution < 1.29 is 20.1 Å². The summed E-state index contributed by atoms with van der Waals surface area (Å²) in [5, 5.41) is 32.8. The molecule has 0 saturated carbocycles. The minimum atomic E-state index is -1.12. The lowest BCUT2D eigenvalue weighted by Crippen LogP contribution is -2.69. The first-order valence-corrected chi connectivity index (χ1v) is 6.13. The van der Waals surface area contributed by atoms with E-state index in [0.29, 0.717) is 0 Å². The van der Waals surface area contributed by atoms with E-state index in [1.807, 2.05) is 0 Å². The van der Waals surface area contributed by atoms with Crippen LogP contribution in [0.4, 0.5) is 0 Å². The number of amides is 1. The summed E-state index contributed by atoms with van der Waals surface area (Å²) in [7, 11) is 0. The van der Waals surface area contributed by atoms with Crippen LogP contribution in [-0.4, -0.2) is 61.7 Å². The lowest BCUT2D eigenvalue weighted by Gasteiger charge is -2.44. The molecule has 0 aliphatic carbocycles. The topological polar surface area (TPSA) is 102 Å². The van der Waals surface area contributed by atoms with Gasteiger partial charge in [-0.25, -0.2) is 0 Å². The van der Waals surface area contributed by atoms with E-state index in [1.54, 1.807) is 0 Å². The molecule has 5 N–H and O–H groups in total. The van der Waals surface area contributed by atoms with Crippen molar-refractivity contribution in [3.8, 4) is 0 Å². The van der Waals surface area contributed by atoms with Crippen molar-refractivity contribution in [1.82, 2.24) is 10.6 Å². The Hall–Kier alpha value is -0.410. The predicted molar refractivity (Wildman–Crippen MR) is 61.9 cm³/mol. The fraction of sp³-hybridized carbons (Fsp3) is 0.750. The summed E-state index contributed by atoms with van der Waals surface area (Å²) in [5.74, 6) is -0.303.